The Morgan fingerprint density at radius 3 is 2.77 bits per heavy atom. The minimum absolute atomic E-state index is 0.0456. The number of sulfonamides is 1. The van der Waals surface area contributed by atoms with Gasteiger partial charge in [0, 0.05) is 37.5 Å². The second-order valence-electron chi connectivity index (χ2n) is 7.87. The molecule has 0 saturated carbocycles. The molecule has 1 N–H and O–H groups in total. The number of hydrogen-bond donors (Lipinski definition) is 1. The van der Waals surface area contributed by atoms with E-state index in [1.807, 2.05) is 23.1 Å². The van der Waals surface area contributed by atoms with Gasteiger partial charge in [0.05, 0.1) is 37.2 Å². The molecule has 0 bridgehead atoms. The molecule has 1 aliphatic carbocycles. The molecule has 3 rings (SSSR count). The van der Waals surface area contributed by atoms with Gasteiger partial charge < -0.3 is 23.8 Å². The number of allylic oxidation sites excluding steroid dienone is 1. The van der Waals surface area contributed by atoms with Gasteiger partial charge in [0.15, 0.2) is 6.79 Å². The average Bonchev–Trinajstić information content (AvgIpc) is 3.19. The standard InChI is InChI=1S/C24H29N3O7S/c1-4-32-24(28)21-8-6-18(12-23(21)34-16-31-2)27-15-17(14-25)20-9-7-19(13-22(20)27)33-11-5-10-26-35(3,29)30/h6-9,12-13,15,20,22,26H,4-5,10-11,16H2,1-3H3. The number of anilines is 1. The van der Waals surface area contributed by atoms with Gasteiger partial charge in [0.2, 0.25) is 10.0 Å². The van der Waals surface area contributed by atoms with Crippen molar-refractivity contribution in [3.05, 3.63) is 59.5 Å². The first-order chi connectivity index (χ1) is 16.8. The van der Waals surface area contributed by atoms with Gasteiger partial charge >= 0.3 is 5.97 Å². The summed E-state index contributed by atoms with van der Waals surface area (Å²) in [6.45, 7) is 2.53. The van der Waals surface area contributed by atoms with E-state index in [-0.39, 0.29) is 37.5 Å². The molecule has 2 atom stereocenters. The van der Waals surface area contributed by atoms with Gasteiger partial charge in [-0.2, -0.15) is 5.26 Å². The summed E-state index contributed by atoms with van der Waals surface area (Å²) in [7, 11) is -1.75. The molecular formula is C24H29N3O7S. The molecule has 1 aromatic rings. The maximum atomic E-state index is 12.3. The van der Waals surface area contributed by atoms with E-state index in [9.17, 15) is 18.5 Å². The minimum atomic E-state index is -3.24. The van der Waals surface area contributed by atoms with E-state index in [2.05, 4.69) is 10.8 Å². The highest BCUT2D eigenvalue weighted by Crippen LogP contribution is 2.39. The third kappa shape index (κ3) is 6.85. The monoisotopic (exact) mass is 503 g/mol. The molecule has 188 valence electrons. The predicted molar refractivity (Wildman–Crippen MR) is 129 cm³/mol. The van der Waals surface area contributed by atoms with E-state index in [4.69, 9.17) is 18.9 Å². The summed E-state index contributed by atoms with van der Waals surface area (Å²) in [5, 5.41) is 9.66. The molecule has 0 amide bonds. The van der Waals surface area contributed by atoms with E-state index in [1.165, 1.54) is 7.11 Å². The Kier molecular flexibility index (Phi) is 8.92. The number of nitrogens with zero attached hydrogens (tertiary/aromatic N) is 2. The van der Waals surface area contributed by atoms with Crippen molar-refractivity contribution in [2.24, 2.45) is 5.92 Å². The number of fused-ring (bicyclic) bond motifs is 1. The zero-order valence-corrected chi connectivity index (χ0v) is 20.7. The van der Waals surface area contributed by atoms with Crippen molar-refractivity contribution >= 4 is 21.7 Å². The second-order valence-corrected chi connectivity index (χ2v) is 9.70. The summed E-state index contributed by atoms with van der Waals surface area (Å²) in [5.41, 5.74) is 1.58. The average molecular weight is 504 g/mol. The molecule has 0 radical (unpaired) electrons. The highest BCUT2D eigenvalue weighted by molar-refractivity contribution is 7.88. The number of nitrogens with one attached hydrogen (secondary N) is 1. The molecule has 1 aliphatic heterocycles. The lowest BCUT2D eigenvalue weighted by atomic mass is 9.91. The Morgan fingerprint density at radius 2 is 2.09 bits per heavy atom. The maximum Gasteiger partial charge on any atom is 0.341 e. The number of esters is 1. The Labute approximate surface area is 205 Å². The minimum Gasteiger partial charge on any atom is -0.494 e. The van der Waals surface area contributed by atoms with Crippen molar-refractivity contribution in [3.63, 3.8) is 0 Å². The van der Waals surface area contributed by atoms with Gasteiger partial charge in [-0.05, 0) is 37.6 Å². The normalized spacial score (nSPS) is 18.9. The summed E-state index contributed by atoms with van der Waals surface area (Å²) < 4.78 is 46.3. The first-order valence-electron chi connectivity index (χ1n) is 11.1. The van der Waals surface area contributed by atoms with Crippen molar-refractivity contribution in [2.75, 3.05) is 44.8 Å². The first kappa shape index (κ1) is 26.3. The molecule has 0 spiro atoms. The van der Waals surface area contributed by atoms with Crippen molar-refractivity contribution < 1.29 is 32.2 Å². The Hall–Kier alpha value is -3.33. The molecule has 35 heavy (non-hydrogen) atoms. The van der Waals surface area contributed by atoms with Crippen LogP contribution in [0.1, 0.15) is 23.7 Å². The van der Waals surface area contributed by atoms with Gasteiger partial charge in [-0.3, -0.25) is 0 Å². The highest BCUT2D eigenvalue weighted by atomic mass is 32.2. The van der Waals surface area contributed by atoms with Gasteiger partial charge in [-0.15, -0.1) is 0 Å². The summed E-state index contributed by atoms with van der Waals surface area (Å²) in [6.07, 6.45) is 9.04. The maximum absolute atomic E-state index is 12.3. The van der Waals surface area contributed by atoms with Crippen LogP contribution in [0, 0.1) is 17.2 Å². The van der Waals surface area contributed by atoms with E-state index in [1.54, 1.807) is 31.3 Å². The lowest BCUT2D eigenvalue weighted by Crippen LogP contribution is -2.31. The number of nitriles is 1. The lowest BCUT2D eigenvalue weighted by Gasteiger charge is -2.29. The molecule has 0 aromatic heterocycles. The number of methoxy groups -OCH3 is 1. The molecule has 0 saturated heterocycles. The van der Waals surface area contributed by atoms with Crippen molar-refractivity contribution in [2.45, 2.75) is 19.4 Å². The molecule has 10 nitrogen and oxygen atoms in total. The Bertz CT molecular complexity index is 1170. The highest BCUT2D eigenvalue weighted by Gasteiger charge is 2.36. The van der Waals surface area contributed by atoms with Crippen LogP contribution in [-0.2, 0) is 24.2 Å². The predicted octanol–water partition coefficient (Wildman–Crippen LogP) is 2.47. The molecular weight excluding hydrogens is 474 g/mol. The molecule has 1 aromatic carbocycles. The summed E-state index contributed by atoms with van der Waals surface area (Å²) >= 11 is 0. The van der Waals surface area contributed by atoms with Crippen LogP contribution in [0.5, 0.6) is 5.75 Å². The number of rotatable bonds is 12. The molecule has 11 heteroatoms. The number of carbonyl (C=O) groups excluding carboxylic acids is 1. The van der Waals surface area contributed by atoms with Crippen LogP contribution in [0.3, 0.4) is 0 Å². The van der Waals surface area contributed by atoms with Gasteiger partial charge in [-0.25, -0.2) is 17.9 Å². The van der Waals surface area contributed by atoms with Crippen LogP contribution in [0.25, 0.3) is 0 Å². The SMILES string of the molecule is CCOC(=O)c1ccc(N2C=C(C#N)C3C=CC(OCCCNS(C)(=O)=O)=CC32)cc1OCOC. The van der Waals surface area contributed by atoms with E-state index >= 15 is 0 Å². The van der Waals surface area contributed by atoms with Crippen LogP contribution >= 0.6 is 0 Å². The summed E-state index contributed by atoms with van der Waals surface area (Å²) in [5.74, 6) is 0.275. The van der Waals surface area contributed by atoms with E-state index in [0.29, 0.717) is 35.8 Å². The largest absolute Gasteiger partial charge is 0.494 e. The fraction of sp³-hybridized carbons (Fsp3) is 0.417. The zero-order valence-electron chi connectivity index (χ0n) is 19.9. The van der Waals surface area contributed by atoms with Crippen LogP contribution in [0.2, 0.25) is 0 Å². The lowest BCUT2D eigenvalue weighted by molar-refractivity contribution is 0.0438. The second kappa shape index (κ2) is 11.9. The van der Waals surface area contributed by atoms with E-state index < -0.39 is 16.0 Å². The Morgan fingerprint density at radius 1 is 1.29 bits per heavy atom. The fourth-order valence-corrected chi connectivity index (χ4v) is 4.27. The number of carbonyl (C=O) groups is 1. The topological polar surface area (TPSA) is 127 Å². The van der Waals surface area contributed by atoms with Gasteiger partial charge in [-0.1, -0.05) is 6.08 Å². The van der Waals surface area contributed by atoms with Gasteiger partial charge in [0.25, 0.3) is 0 Å². The van der Waals surface area contributed by atoms with Crippen LogP contribution < -0.4 is 14.4 Å². The van der Waals surface area contributed by atoms with Crippen LogP contribution in [-0.4, -0.2) is 60.3 Å². The van der Waals surface area contributed by atoms with Crippen molar-refractivity contribution in [1.82, 2.24) is 4.72 Å². The third-order valence-corrected chi connectivity index (χ3v) is 6.03. The first-order valence-corrected chi connectivity index (χ1v) is 13.0. The fourth-order valence-electron chi connectivity index (χ4n) is 3.76. The van der Waals surface area contributed by atoms with Crippen LogP contribution in [0.4, 0.5) is 5.69 Å². The number of benzene rings is 1. The molecule has 1 heterocycles. The smallest absolute Gasteiger partial charge is 0.341 e. The van der Waals surface area contributed by atoms with Crippen molar-refractivity contribution in [1.29, 1.82) is 5.26 Å². The summed E-state index contributed by atoms with van der Waals surface area (Å²) in [6, 6.07) is 7.14. The zero-order chi connectivity index (χ0) is 25.4. The van der Waals surface area contributed by atoms with Crippen molar-refractivity contribution in [3.8, 4) is 11.8 Å². The molecule has 0 fully saturated rings. The number of hydrogen-bond acceptors (Lipinski definition) is 9. The summed E-state index contributed by atoms with van der Waals surface area (Å²) in [4.78, 5) is 14.3. The molecule has 2 unspecified atom stereocenters. The quantitative estimate of drug-likeness (QED) is 0.260. The number of ether oxygens (including phenoxy) is 4. The third-order valence-electron chi connectivity index (χ3n) is 5.30. The Balaban J connectivity index is 1.80. The molecule has 2 aliphatic rings. The van der Waals surface area contributed by atoms with Gasteiger partial charge in [0.1, 0.15) is 17.1 Å². The van der Waals surface area contributed by atoms with E-state index in [0.717, 1.165) is 6.26 Å². The van der Waals surface area contributed by atoms with Crippen LogP contribution in [0.15, 0.2) is 54.0 Å².